The summed E-state index contributed by atoms with van der Waals surface area (Å²) in [5.41, 5.74) is 1.14. The molecule has 0 radical (unpaired) electrons. The minimum atomic E-state index is 0.0745. The van der Waals surface area contributed by atoms with Gasteiger partial charge in [0.05, 0.1) is 6.61 Å². The average Bonchev–Trinajstić information content (AvgIpc) is 2.61. The van der Waals surface area contributed by atoms with E-state index in [0.717, 1.165) is 44.1 Å². The summed E-state index contributed by atoms with van der Waals surface area (Å²) in [4.78, 5) is 6.66. The zero-order valence-electron chi connectivity index (χ0n) is 14.8. The first-order chi connectivity index (χ1) is 11.2. The second kappa shape index (κ2) is 11.9. The van der Waals surface area contributed by atoms with Crippen molar-refractivity contribution in [3.8, 4) is 0 Å². The lowest BCUT2D eigenvalue weighted by Crippen LogP contribution is -2.41. The van der Waals surface area contributed by atoms with E-state index in [9.17, 15) is 5.11 Å². The molecule has 0 aliphatic carbocycles. The predicted octanol–water partition coefficient (Wildman–Crippen LogP) is 1.66. The second-order valence-electron chi connectivity index (χ2n) is 5.55. The van der Waals surface area contributed by atoms with Gasteiger partial charge in [0.25, 0.3) is 0 Å². The van der Waals surface area contributed by atoms with Crippen LogP contribution in [-0.4, -0.2) is 62.3 Å². The third kappa shape index (κ3) is 7.48. The van der Waals surface area contributed by atoms with Crippen LogP contribution in [0.25, 0.3) is 0 Å². The molecular formula is C18H32N4O. The van der Waals surface area contributed by atoms with Crippen molar-refractivity contribution in [1.82, 2.24) is 15.5 Å². The quantitative estimate of drug-likeness (QED) is 0.349. The van der Waals surface area contributed by atoms with Gasteiger partial charge in [-0.3, -0.25) is 4.99 Å². The highest BCUT2D eigenvalue weighted by Gasteiger charge is 2.10. The van der Waals surface area contributed by atoms with Gasteiger partial charge in [0, 0.05) is 26.1 Å². The number of aliphatic hydroxyl groups excluding tert-OH is 1. The van der Waals surface area contributed by atoms with E-state index in [1.165, 1.54) is 0 Å². The number of aliphatic imine (C=N–C) groups is 1. The van der Waals surface area contributed by atoms with Gasteiger partial charge < -0.3 is 20.6 Å². The lowest BCUT2D eigenvalue weighted by atomic mass is 10.0. The van der Waals surface area contributed by atoms with Crippen molar-refractivity contribution < 1.29 is 5.11 Å². The molecule has 0 bridgehead atoms. The predicted molar refractivity (Wildman–Crippen MR) is 98.0 cm³/mol. The Morgan fingerprint density at radius 3 is 2.43 bits per heavy atom. The van der Waals surface area contributed by atoms with Gasteiger partial charge in [-0.1, -0.05) is 44.2 Å². The Labute approximate surface area is 140 Å². The minimum Gasteiger partial charge on any atom is -0.396 e. The maximum Gasteiger partial charge on any atom is 0.191 e. The fourth-order valence-electron chi connectivity index (χ4n) is 2.50. The number of guanidine groups is 1. The molecule has 0 heterocycles. The summed E-state index contributed by atoms with van der Waals surface area (Å²) < 4.78 is 0. The van der Waals surface area contributed by atoms with E-state index in [1.807, 2.05) is 30.3 Å². The number of nitrogens with one attached hydrogen (secondary N) is 2. The molecule has 0 aromatic heterocycles. The Balaban J connectivity index is 2.33. The van der Waals surface area contributed by atoms with Gasteiger partial charge >= 0.3 is 0 Å². The number of nitrogens with zero attached hydrogens (tertiary/aromatic N) is 2. The molecule has 23 heavy (non-hydrogen) atoms. The molecule has 0 saturated heterocycles. The van der Waals surface area contributed by atoms with Crippen LogP contribution in [0.15, 0.2) is 35.3 Å². The lowest BCUT2D eigenvalue weighted by molar-refractivity contribution is 0.265. The molecule has 0 saturated carbocycles. The van der Waals surface area contributed by atoms with Crippen molar-refractivity contribution >= 4 is 5.96 Å². The monoisotopic (exact) mass is 320 g/mol. The van der Waals surface area contributed by atoms with Crippen molar-refractivity contribution in [3.05, 3.63) is 35.9 Å². The highest BCUT2D eigenvalue weighted by Crippen LogP contribution is 2.13. The first-order valence-corrected chi connectivity index (χ1v) is 8.57. The first kappa shape index (κ1) is 19.5. The molecule has 1 aromatic rings. The van der Waals surface area contributed by atoms with Crippen molar-refractivity contribution in [2.45, 2.75) is 26.2 Å². The standard InChI is InChI=1S/C18H32N4O/c1-4-22(5-2)13-9-12-20-18(19-3)21-14-17(15-23)16-10-7-6-8-11-16/h6-8,10-11,17,23H,4-5,9,12-15H2,1-3H3,(H2,19,20,21). The Morgan fingerprint density at radius 2 is 1.87 bits per heavy atom. The Kier molecular flexibility index (Phi) is 10.1. The van der Waals surface area contributed by atoms with Gasteiger partial charge in [-0.25, -0.2) is 0 Å². The number of rotatable bonds is 10. The molecule has 0 fully saturated rings. The molecule has 1 rings (SSSR count). The smallest absolute Gasteiger partial charge is 0.191 e. The van der Waals surface area contributed by atoms with E-state index in [1.54, 1.807) is 7.05 Å². The van der Waals surface area contributed by atoms with E-state index >= 15 is 0 Å². The van der Waals surface area contributed by atoms with E-state index in [4.69, 9.17) is 0 Å². The van der Waals surface area contributed by atoms with E-state index < -0.39 is 0 Å². The van der Waals surface area contributed by atoms with Crippen molar-refractivity contribution in [3.63, 3.8) is 0 Å². The Bertz CT molecular complexity index is 432. The largest absolute Gasteiger partial charge is 0.396 e. The van der Waals surface area contributed by atoms with Crippen LogP contribution in [0.2, 0.25) is 0 Å². The number of hydrogen-bond acceptors (Lipinski definition) is 3. The van der Waals surface area contributed by atoms with E-state index in [2.05, 4.69) is 34.4 Å². The fourth-order valence-corrected chi connectivity index (χ4v) is 2.50. The van der Waals surface area contributed by atoms with Gasteiger partial charge in [0.2, 0.25) is 0 Å². The summed E-state index contributed by atoms with van der Waals surface area (Å²) in [6, 6.07) is 10.1. The van der Waals surface area contributed by atoms with Gasteiger partial charge in [-0.05, 0) is 31.6 Å². The highest BCUT2D eigenvalue weighted by molar-refractivity contribution is 5.79. The third-order valence-electron chi connectivity index (χ3n) is 4.07. The van der Waals surface area contributed by atoms with Crippen molar-refractivity contribution in [1.29, 1.82) is 0 Å². The Hall–Kier alpha value is -1.59. The molecule has 5 nitrogen and oxygen atoms in total. The van der Waals surface area contributed by atoms with Crippen LogP contribution >= 0.6 is 0 Å². The normalized spacial score (nSPS) is 13.2. The number of hydrogen-bond donors (Lipinski definition) is 3. The maximum atomic E-state index is 9.59. The van der Waals surface area contributed by atoms with E-state index in [-0.39, 0.29) is 12.5 Å². The molecule has 0 spiro atoms. The number of aliphatic hydroxyl groups is 1. The second-order valence-corrected chi connectivity index (χ2v) is 5.55. The van der Waals surface area contributed by atoms with Crippen LogP contribution in [0.3, 0.4) is 0 Å². The highest BCUT2D eigenvalue weighted by atomic mass is 16.3. The van der Waals surface area contributed by atoms with Gasteiger partial charge in [0.1, 0.15) is 0 Å². The summed E-state index contributed by atoms with van der Waals surface area (Å²) in [6.07, 6.45) is 1.09. The number of benzene rings is 1. The molecule has 0 aliphatic heterocycles. The average molecular weight is 320 g/mol. The SMILES string of the molecule is CCN(CC)CCCNC(=NC)NCC(CO)c1ccccc1. The summed E-state index contributed by atoms with van der Waals surface area (Å²) in [7, 11) is 1.77. The summed E-state index contributed by atoms with van der Waals surface area (Å²) in [5, 5.41) is 16.2. The fraction of sp³-hybridized carbons (Fsp3) is 0.611. The van der Waals surface area contributed by atoms with Crippen LogP contribution in [-0.2, 0) is 0 Å². The zero-order valence-corrected chi connectivity index (χ0v) is 14.8. The Morgan fingerprint density at radius 1 is 1.17 bits per heavy atom. The molecule has 1 unspecified atom stereocenters. The topological polar surface area (TPSA) is 59.9 Å². The minimum absolute atomic E-state index is 0.0745. The lowest BCUT2D eigenvalue weighted by Gasteiger charge is -2.20. The summed E-state index contributed by atoms with van der Waals surface area (Å²) >= 11 is 0. The van der Waals surface area contributed by atoms with Crippen molar-refractivity contribution in [2.24, 2.45) is 4.99 Å². The molecule has 1 aromatic carbocycles. The maximum absolute atomic E-state index is 9.59. The summed E-state index contributed by atoms with van der Waals surface area (Å²) in [6.45, 7) is 9.35. The van der Waals surface area contributed by atoms with Crippen LogP contribution < -0.4 is 10.6 Å². The van der Waals surface area contributed by atoms with Gasteiger partial charge in [-0.2, -0.15) is 0 Å². The first-order valence-electron chi connectivity index (χ1n) is 8.57. The molecule has 0 amide bonds. The van der Waals surface area contributed by atoms with Crippen LogP contribution in [0.4, 0.5) is 0 Å². The van der Waals surface area contributed by atoms with Crippen LogP contribution in [0, 0.1) is 0 Å². The molecule has 1 atom stereocenters. The zero-order chi connectivity index (χ0) is 16.9. The molecule has 5 heteroatoms. The van der Waals surface area contributed by atoms with Crippen LogP contribution in [0.5, 0.6) is 0 Å². The van der Waals surface area contributed by atoms with E-state index in [0.29, 0.717) is 6.54 Å². The molecule has 0 aliphatic rings. The van der Waals surface area contributed by atoms with Crippen LogP contribution in [0.1, 0.15) is 31.7 Å². The molecule has 130 valence electrons. The third-order valence-corrected chi connectivity index (χ3v) is 4.07. The van der Waals surface area contributed by atoms with Gasteiger partial charge in [-0.15, -0.1) is 0 Å². The summed E-state index contributed by atoms with van der Waals surface area (Å²) in [5.74, 6) is 0.865. The molecular weight excluding hydrogens is 288 g/mol. The van der Waals surface area contributed by atoms with Gasteiger partial charge in [0.15, 0.2) is 5.96 Å². The van der Waals surface area contributed by atoms with Crippen molar-refractivity contribution in [2.75, 3.05) is 46.4 Å². The molecule has 3 N–H and O–H groups in total.